The van der Waals surface area contributed by atoms with Crippen LogP contribution in [0.15, 0.2) is 53.4 Å². The molecule has 0 aliphatic heterocycles. The zero-order valence-electron chi connectivity index (χ0n) is 11.3. The maximum absolute atomic E-state index is 12.8. The van der Waals surface area contributed by atoms with Crippen LogP contribution in [0.3, 0.4) is 0 Å². The molecule has 0 saturated heterocycles. The van der Waals surface area contributed by atoms with Crippen LogP contribution in [-0.4, -0.2) is 20.8 Å². The first-order valence-corrected chi connectivity index (χ1v) is 8.10. The lowest BCUT2D eigenvalue weighted by molar-refractivity contribution is 0.319. The van der Waals surface area contributed by atoms with Crippen LogP contribution in [0.25, 0.3) is 0 Å². The molecule has 0 aliphatic carbocycles. The first-order chi connectivity index (χ1) is 9.99. The van der Waals surface area contributed by atoms with E-state index < -0.39 is 15.7 Å². The lowest BCUT2D eigenvalue weighted by Crippen LogP contribution is -2.11. The number of hydrogen-bond acceptors (Lipinski definition) is 4. The number of hydrogen-bond donors (Lipinski definition) is 1. The van der Waals surface area contributed by atoms with Gasteiger partial charge in [-0.15, -0.1) is 0 Å². The molecule has 2 aromatic carbocycles. The van der Waals surface area contributed by atoms with Gasteiger partial charge in [0, 0.05) is 0 Å². The third kappa shape index (κ3) is 4.19. The van der Waals surface area contributed by atoms with E-state index in [2.05, 4.69) is 0 Å². The number of para-hydroxylation sites is 2. The predicted molar refractivity (Wildman–Crippen MR) is 79.4 cm³/mol. The van der Waals surface area contributed by atoms with Gasteiger partial charge in [-0.2, -0.15) is 0 Å². The van der Waals surface area contributed by atoms with E-state index in [4.69, 9.17) is 10.5 Å². The van der Waals surface area contributed by atoms with Crippen molar-refractivity contribution in [3.05, 3.63) is 54.3 Å². The smallest absolute Gasteiger partial charge is 0.178 e. The zero-order valence-corrected chi connectivity index (χ0v) is 12.1. The van der Waals surface area contributed by atoms with E-state index in [0.29, 0.717) is 17.9 Å². The number of nitrogens with two attached hydrogens (primary N) is 1. The Morgan fingerprint density at radius 3 is 2.38 bits per heavy atom. The van der Waals surface area contributed by atoms with Gasteiger partial charge in [0.25, 0.3) is 0 Å². The van der Waals surface area contributed by atoms with Crippen LogP contribution in [0.2, 0.25) is 0 Å². The molecule has 0 saturated carbocycles. The van der Waals surface area contributed by atoms with Crippen molar-refractivity contribution in [1.29, 1.82) is 0 Å². The summed E-state index contributed by atoms with van der Waals surface area (Å²) in [7, 11) is -3.42. The molecule has 0 fully saturated rings. The second-order valence-electron chi connectivity index (χ2n) is 4.51. The molecule has 0 unspecified atom stereocenters. The van der Waals surface area contributed by atoms with E-state index in [1.54, 1.807) is 24.3 Å². The van der Waals surface area contributed by atoms with Crippen LogP contribution < -0.4 is 10.5 Å². The van der Waals surface area contributed by atoms with Crippen LogP contribution in [0.5, 0.6) is 5.75 Å². The summed E-state index contributed by atoms with van der Waals surface area (Å²) in [6.45, 7) is 0.245. The van der Waals surface area contributed by atoms with Crippen molar-refractivity contribution in [2.24, 2.45) is 0 Å². The SMILES string of the molecule is Nc1ccccc1OCCCS(=O)(=O)c1ccc(F)cc1. The Labute approximate surface area is 123 Å². The molecule has 0 bridgehead atoms. The molecule has 21 heavy (non-hydrogen) atoms. The topological polar surface area (TPSA) is 69.4 Å². The van der Waals surface area contributed by atoms with Gasteiger partial charge >= 0.3 is 0 Å². The van der Waals surface area contributed by atoms with Gasteiger partial charge in [-0.25, -0.2) is 12.8 Å². The van der Waals surface area contributed by atoms with Gasteiger partial charge in [0.05, 0.1) is 22.9 Å². The van der Waals surface area contributed by atoms with Crippen LogP contribution in [-0.2, 0) is 9.84 Å². The molecular formula is C15H16FNO3S. The third-order valence-electron chi connectivity index (χ3n) is 2.91. The Morgan fingerprint density at radius 1 is 1.05 bits per heavy atom. The Balaban J connectivity index is 1.88. The van der Waals surface area contributed by atoms with E-state index in [1.165, 1.54) is 12.1 Å². The van der Waals surface area contributed by atoms with Crippen LogP contribution in [0.1, 0.15) is 6.42 Å². The molecule has 2 aromatic rings. The van der Waals surface area contributed by atoms with Crippen molar-refractivity contribution < 1.29 is 17.5 Å². The molecule has 4 nitrogen and oxygen atoms in total. The van der Waals surface area contributed by atoms with Crippen LogP contribution >= 0.6 is 0 Å². The van der Waals surface area contributed by atoms with Crippen LogP contribution in [0, 0.1) is 5.82 Å². The lowest BCUT2D eigenvalue weighted by Gasteiger charge is -2.09. The summed E-state index contributed by atoms with van der Waals surface area (Å²) in [4.78, 5) is 0.114. The largest absolute Gasteiger partial charge is 0.491 e. The van der Waals surface area contributed by atoms with E-state index in [-0.39, 0.29) is 17.3 Å². The van der Waals surface area contributed by atoms with Gasteiger partial charge in [-0.3, -0.25) is 0 Å². The van der Waals surface area contributed by atoms with Crippen molar-refractivity contribution in [2.75, 3.05) is 18.1 Å². The average Bonchev–Trinajstić information content (AvgIpc) is 2.46. The minimum absolute atomic E-state index is 0.0641. The summed E-state index contributed by atoms with van der Waals surface area (Å²) in [6, 6.07) is 11.8. The summed E-state index contributed by atoms with van der Waals surface area (Å²) >= 11 is 0. The first kappa shape index (κ1) is 15.3. The number of ether oxygens (including phenoxy) is 1. The zero-order chi connectivity index (χ0) is 15.3. The van der Waals surface area contributed by atoms with Crippen molar-refractivity contribution in [1.82, 2.24) is 0 Å². The Bertz CT molecular complexity index is 699. The normalized spacial score (nSPS) is 11.3. The van der Waals surface area contributed by atoms with Gasteiger partial charge in [-0.05, 0) is 42.8 Å². The second-order valence-corrected chi connectivity index (χ2v) is 6.62. The van der Waals surface area contributed by atoms with Gasteiger partial charge in [0.15, 0.2) is 9.84 Å². The quantitative estimate of drug-likeness (QED) is 0.506. The standard InChI is InChI=1S/C15H16FNO3S/c16-12-6-8-13(9-7-12)21(18,19)11-3-10-20-15-5-2-1-4-14(15)17/h1-2,4-9H,3,10-11,17H2. The highest BCUT2D eigenvalue weighted by atomic mass is 32.2. The highest BCUT2D eigenvalue weighted by Gasteiger charge is 2.14. The Morgan fingerprint density at radius 2 is 1.71 bits per heavy atom. The van der Waals surface area contributed by atoms with Crippen molar-refractivity contribution in [3.63, 3.8) is 0 Å². The summed E-state index contributed by atoms with van der Waals surface area (Å²) < 4.78 is 42.3. The lowest BCUT2D eigenvalue weighted by atomic mass is 10.3. The highest BCUT2D eigenvalue weighted by Crippen LogP contribution is 2.20. The predicted octanol–water partition coefficient (Wildman–Crippen LogP) is 2.65. The molecule has 6 heteroatoms. The Kier molecular flexibility index (Phi) is 4.80. The maximum Gasteiger partial charge on any atom is 0.178 e. The summed E-state index contributed by atoms with van der Waals surface area (Å²) in [5.74, 6) is 0.0132. The van der Waals surface area contributed by atoms with E-state index in [1.807, 2.05) is 0 Å². The molecule has 0 aromatic heterocycles. The summed E-state index contributed by atoms with van der Waals surface area (Å²) in [5, 5.41) is 0. The average molecular weight is 309 g/mol. The van der Waals surface area contributed by atoms with Gasteiger partial charge in [0.2, 0.25) is 0 Å². The molecule has 0 aliphatic rings. The van der Waals surface area contributed by atoms with Crippen molar-refractivity contribution in [2.45, 2.75) is 11.3 Å². The van der Waals surface area contributed by atoms with E-state index >= 15 is 0 Å². The molecular weight excluding hydrogens is 293 g/mol. The fourth-order valence-corrected chi connectivity index (χ4v) is 3.09. The van der Waals surface area contributed by atoms with E-state index in [0.717, 1.165) is 12.1 Å². The Hall–Kier alpha value is -2.08. The number of rotatable bonds is 6. The molecule has 2 N–H and O–H groups in total. The molecule has 112 valence electrons. The van der Waals surface area contributed by atoms with Crippen LogP contribution in [0.4, 0.5) is 10.1 Å². The van der Waals surface area contributed by atoms with Gasteiger partial charge < -0.3 is 10.5 Å². The molecule has 0 heterocycles. The number of benzene rings is 2. The second kappa shape index (κ2) is 6.58. The summed E-state index contributed by atoms with van der Waals surface area (Å²) in [6.07, 6.45) is 0.327. The number of anilines is 1. The molecule has 0 radical (unpaired) electrons. The fourth-order valence-electron chi connectivity index (χ4n) is 1.80. The molecule has 2 rings (SSSR count). The van der Waals surface area contributed by atoms with Gasteiger partial charge in [-0.1, -0.05) is 12.1 Å². The number of sulfone groups is 1. The minimum atomic E-state index is -3.42. The summed E-state index contributed by atoms with van der Waals surface area (Å²) in [5.41, 5.74) is 6.23. The third-order valence-corrected chi connectivity index (χ3v) is 4.72. The molecule has 0 atom stereocenters. The number of halogens is 1. The minimum Gasteiger partial charge on any atom is -0.491 e. The number of nitrogen functional groups attached to an aromatic ring is 1. The van der Waals surface area contributed by atoms with Crippen molar-refractivity contribution >= 4 is 15.5 Å². The van der Waals surface area contributed by atoms with Gasteiger partial charge in [0.1, 0.15) is 11.6 Å². The first-order valence-electron chi connectivity index (χ1n) is 6.45. The van der Waals surface area contributed by atoms with Crippen molar-refractivity contribution in [3.8, 4) is 5.75 Å². The molecule has 0 amide bonds. The van der Waals surface area contributed by atoms with E-state index in [9.17, 15) is 12.8 Å². The maximum atomic E-state index is 12.8. The monoisotopic (exact) mass is 309 g/mol. The molecule has 0 spiro atoms. The highest BCUT2D eigenvalue weighted by molar-refractivity contribution is 7.91. The fraction of sp³-hybridized carbons (Fsp3) is 0.200.